The zero-order chi connectivity index (χ0) is 18.9. The highest BCUT2D eigenvalue weighted by Crippen LogP contribution is 2.38. The molecule has 6 nitrogen and oxygen atoms in total. The first-order valence-electron chi connectivity index (χ1n) is 9.02. The van der Waals surface area contributed by atoms with Crippen LogP contribution in [-0.4, -0.2) is 34.8 Å². The molecule has 2 N–H and O–H groups in total. The summed E-state index contributed by atoms with van der Waals surface area (Å²) in [7, 11) is 0. The second-order valence-electron chi connectivity index (χ2n) is 7.28. The first-order chi connectivity index (χ1) is 12.3. The molecule has 1 aliphatic carbocycles. The van der Waals surface area contributed by atoms with E-state index in [1.54, 1.807) is 0 Å². The number of carbonyl (C=O) groups is 3. The van der Waals surface area contributed by atoms with E-state index < -0.39 is 11.6 Å². The molecule has 2 fully saturated rings. The molecule has 2 aliphatic rings. The smallest absolute Gasteiger partial charge is 0.325 e. The maximum atomic E-state index is 12.9. The van der Waals surface area contributed by atoms with E-state index in [1.165, 1.54) is 0 Å². The molecule has 140 valence electrons. The average molecular weight is 422 g/mol. The van der Waals surface area contributed by atoms with Crippen LogP contribution >= 0.6 is 15.9 Å². The number of benzene rings is 1. The van der Waals surface area contributed by atoms with E-state index in [9.17, 15) is 14.4 Å². The van der Waals surface area contributed by atoms with Gasteiger partial charge in [0.05, 0.1) is 6.04 Å². The van der Waals surface area contributed by atoms with Gasteiger partial charge in [-0.2, -0.15) is 0 Å². The van der Waals surface area contributed by atoms with Gasteiger partial charge in [-0.15, -0.1) is 0 Å². The Morgan fingerprint density at radius 3 is 2.69 bits per heavy atom. The molecular weight excluding hydrogens is 398 g/mol. The fraction of sp³-hybridized carbons (Fsp3) is 0.526. The standard InChI is InChI=1S/C19H24BrN3O3/c1-12-5-3-4-10-19(12)17(25)23(18(26)22-19)11-16(24)21-13(2)14-6-8-15(20)9-7-14/h6-9,12-13H,3-5,10-11H2,1-2H3,(H,21,24)(H,22,26). The number of imide groups is 1. The van der Waals surface area contributed by atoms with Crippen LogP contribution in [0.4, 0.5) is 4.79 Å². The lowest BCUT2D eigenvalue weighted by Gasteiger charge is -2.36. The monoisotopic (exact) mass is 421 g/mol. The first-order valence-corrected chi connectivity index (χ1v) is 9.82. The normalized spacial score (nSPS) is 26.7. The maximum Gasteiger partial charge on any atom is 0.325 e. The number of hydrogen-bond donors (Lipinski definition) is 2. The summed E-state index contributed by atoms with van der Waals surface area (Å²) in [5, 5.41) is 5.73. The minimum Gasteiger partial charge on any atom is -0.348 e. The van der Waals surface area contributed by atoms with Gasteiger partial charge in [-0.3, -0.25) is 14.5 Å². The number of hydrogen-bond acceptors (Lipinski definition) is 3. The van der Waals surface area contributed by atoms with Crippen molar-refractivity contribution in [1.82, 2.24) is 15.5 Å². The van der Waals surface area contributed by atoms with Crippen LogP contribution < -0.4 is 10.6 Å². The highest BCUT2D eigenvalue weighted by atomic mass is 79.9. The van der Waals surface area contributed by atoms with Gasteiger partial charge in [0.1, 0.15) is 12.1 Å². The molecule has 1 spiro atoms. The Labute approximate surface area is 161 Å². The molecule has 3 atom stereocenters. The van der Waals surface area contributed by atoms with Crippen LogP contribution in [-0.2, 0) is 9.59 Å². The third-order valence-electron chi connectivity index (χ3n) is 5.55. The summed E-state index contributed by atoms with van der Waals surface area (Å²) in [6.45, 7) is 3.62. The van der Waals surface area contributed by atoms with Crippen LogP contribution in [0.25, 0.3) is 0 Å². The fourth-order valence-electron chi connectivity index (χ4n) is 3.90. The molecule has 3 unspecified atom stereocenters. The molecule has 1 aromatic rings. The van der Waals surface area contributed by atoms with Crippen molar-refractivity contribution in [3.63, 3.8) is 0 Å². The van der Waals surface area contributed by atoms with Crippen molar-refractivity contribution in [3.05, 3.63) is 34.3 Å². The lowest BCUT2D eigenvalue weighted by molar-refractivity contribution is -0.137. The van der Waals surface area contributed by atoms with Crippen molar-refractivity contribution in [1.29, 1.82) is 0 Å². The van der Waals surface area contributed by atoms with Crippen LogP contribution in [0.5, 0.6) is 0 Å². The molecule has 1 aliphatic heterocycles. The molecule has 0 radical (unpaired) electrons. The minimum atomic E-state index is -0.826. The Balaban J connectivity index is 1.64. The summed E-state index contributed by atoms with van der Waals surface area (Å²) < 4.78 is 0.964. The van der Waals surface area contributed by atoms with Gasteiger partial charge in [-0.1, -0.05) is 47.8 Å². The summed E-state index contributed by atoms with van der Waals surface area (Å²) in [6, 6.07) is 6.98. The van der Waals surface area contributed by atoms with Gasteiger partial charge in [0, 0.05) is 4.47 Å². The van der Waals surface area contributed by atoms with E-state index in [0.29, 0.717) is 6.42 Å². The molecule has 7 heteroatoms. The second kappa shape index (κ2) is 7.39. The quantitative estimate of drug-likeness (QED) is 0.732. The highest BCUT2D eigenvalue weighted by molar-refractivity contribution is 9.10. The number of amides is 4. The van der Waals surface area contributed by atoms with Crippen LogP contribution in [0.3, 0.4) is 0 Å². The van der Waals surface area contributed by atoms with Crippen LogP contribution in [0.15, 0.2) is 28.7 Å². The highest BCUT2D eigenvalue weighted by Gasteiger charge is 2.55. The number of urea groups is 1. The number of carbonyl (C=O) groups excluding carboxylic acids is 3. The molecule has 3 rings (SSSR count). The largest absolute Gasteiger partial charge is 0.348 e. The van der Waals surface area contributed by atoms with Gasteiger partial charge in [-0.25, -0.2) is 4.79 Å². The lowest BCUT2D eigenvalue weighted by atomic mass is 9.73. The number of halogens is 1. The van der Waals surface area contributed by atoms with Crippen molar-refractivity contribution < 1.29 is 14.4 Å². The Kier molecular flexibility index (Phi) is 5.37. The third-order valence-corrected chi connectivity index (χ3v) is 6.08. The summed E-state index contributed by atoms with van der Waals surface area (Å²) >= 11 is 3.38. The molecular formula is C19H24BrN3O3. The summed E-state index contributed by atoms with van der Waals surface area (Å²) in [5.74, 6) is -0.520. The molecule has 1 heterocycles. The molecule has 26 heavy (non-hydrogen) atoms. The maximum absolute atomic E-state index is 12.9. The second-order valence-corrected chi connectivity index (χ2v) is 8.20. The van der Waals surface area contributed by atoms with E-state index in [4.69, 9.17) is 0 Å². The molecule has 1 aromatic carbocycles. The Morgan fingerprint density at radius 1 is 1.35 bits per heavy atom. The van der Waals surface area contributed by atoms with Crippen molar-refractivity contribution in [2.75, 3.05) is 6.54 Å². The molecule has 4 amide bonds. The Hall–Kier alpha value is -1.89. The summed E-state index contributed by atoms with van der Waals surface area (Å²) in [5.41, 5.74) is 0.128. The summed E-state index contributed by atoms with van der Waals surface area (Å²) in [6.07, 6.45) is 3.53. The van der Waals surface area contributed by atoms with Gasteiger partial charge in [0.25, 0.3) is 5.91 Å². The van der Waals surface area contributed by atoms with E-state index in [-0.39, 0.29) is 30.3 Å². The van der Waals surface area contributed by atoms with Gasteiger partial charge >= 0.3 is 6.03 Å². The Morgan fingerprint density at radius 2 is 2.04 bits per heavy atom. The third kappa shape index (κ3) is 3.49. The Bertz CT molecular complexity index is 721. The topological polar surface area (TPSA) is 78.5 Å². The SMILES string of the molecule is CC(NC(=O)CN1C(=O)NC2(CCCCC2C)C1=O)c1ccc(Br)cc1. The fourth-order valence-corrected chi connectivity index (χ4v) is 4.17. The van der Waals surface area contributed by atoms with Crippen LogP contribution in [0.1, 0.15) is 51.1 Å². The first kappa shape index (κ1) is 18.9. The number of rotatable bonds is 4. The minimum absolute atomic E-state index is 0.0856. The van der Waals surface area contributed by atoms with Crippen molar-refractivity contribution >= 4 is 33.8 Å². The van der Waals surface area contributed by atoms with Crippen LogP contribution in [0.2, 0.25) is 0 Å². The van der Waals surface area contributed by atoms with Crippen molar-refractivity contribution in [2.45, 2.75) is 51.1 Å². The van der Waals surface area contributed by atoms with Gasteiger partial charge < -0.3 is 10.6 Å². The number of nitrogens with one attached hydrogen (secondary N) is 2. The predicted octanol–water partition coefficient (Wildman–Crippen LogP) is 3.13. The van der Waals surface area contributed by atoms with Gasteiger partial charge in [0.2, 0.25) is 5.91 Å². The van der Waals surface area contributed by atoms with E-state index in [1.807, 2.05) is 38.1 Å². The van der Waals surface area contributed by atoms with E-state index in [2.05, 4.69) is 26.6 Å². The molecule has 0 bridgehead atoms. The number of nitrogens with zero attached hydrogens (tertiary/aromatic N) is 1. The molecule has 1 saturated heterocycles. The van der Waals surface area contributed by atoms with E-state index in [0.717, 1.165) is 34.2 Å². The van der Waals surface area contributed by atoms with Gasteiger partial charge in [0.15, 0.2) is 0 Å². The van der Waals surface area contributed by atoms with Crippen molar-refractivity contribution in [3.8, 4) is 0 Å². The zero-order valence-electron chi connectivity index (χ0n) is 15.0. The lowest BCUT2D eigenvalue weighted by Crippen LogP contribution is -2.54. The molecule has 1 saturated carbocycles. The predicted molar refractivity (Wildman–Crippen MR) is 101 cm³/mol. The molecule has 0 aromatic heterocycles. The zero-order valence-corrected chi connectivity index (χ0v) is 16.6. The van der Waals surface area contributed by atoms with Gasteiger partial charge in [-0.05, 0) is 43.4 Å². The van der Waals surface area contributed by atoms with Crippen molar-refractivity contribution in [2.24, 2.45) is 5.92 Å². The summed E-state index contributed by atoms with van der Waals surface area (Å²) in [4.78, 5) is 38.7. The average Bonchev–Trinajstić information content (AvgIpc) is 2.83. The van der Waals surface area contributed by atoms with Crippen LogP contribution in [0, 0.1) is 5.92 Å². The van der Waals surface area contributed by atoms with E-state index >= 15 is 0 Å².